The summed E-state index contributed by atoms with van der Waals surface area (Å²) in [6, 6.07) is 4.99. The van der Waals surface area contributed by atoms with Gasteiger partial charge in [-0.15, -0.1) is 0 Å². The van der Waals surface area contributed by atoms with Crippen LogP contribution in [0.4, 0.5) is 5.69 Å². The predicted molar refractivity (Wildman–Crippen MR) is 73.8 cm³/mol. The van der Waals surface area contributed by atoms with Crippen LogP contribution in [0.15, 0.2) is 18.2 Å². The zero-order chi connectivity index (χ0) is 14.6. The number of hydrogen-bond donors (Lipinski definition) is 2. The van der Waals surface area contributed by atoms with Crippen LogP contribution in [0.3, 0.4) is 0 Å². The molecular formula is C14H20N2O3. The Morgan fingerprint density at radius 2 is 1.95 bits per heavy atom. The number of benzene rings is 1. The van der Waals surface area contributed by atoms with Crippen LogP contribution in [0.5, 0.6) is 0 Å². The highest BCUT2D eigenvalue weighted by Gasteiger charge is 2.16. The molecule has 0 spiro atoms. The molecule has 104 valence electrons. The van der Waals surface area contributed by atoms with Crippen LogP contribution < -0.4 is 11.1 Å². The van der Waals surface area contributed by atoms with Gasteiger partial charge in [0, 0.05) is 11.2 Å². The highest BCUT2D eigenvalue weighted by Crippen LogP contribution is 2.13. The van der Waals surface area contributed by atoms with Gasteiger partial charge in [0.05, 0.1) is 5.56 Å². The van der Waals surface area contributed by atoms with Crippen molar-refractivity contribution in [1.29, 1.82) is 0 Å². The van der Waals surface area contributed by atoms with Crippen molar-refractivity contribution in [3.8, 4) is 0 Å². The van der Waals surface area contributed by atoms with E-state index in [2.05, 4.69) is 5.32 Å². The third-order valence-electron chi connectivity index (χ3n) is 2.33. The van der Waals surface area contributed by atoms with Gasteiger partial charge in [0.1, 0.15) is 0 Å². The van der Waals surface area contributed by atoms with E-state index >= 15 is 0 Å². The monoisotopic (exact) mass is 264 g/mol. The number of amides is 1. The quantitative estimate of drug-likeness (QED) is 0.642. The summed E-state index contributed by atoms with van der Waals surface area (Å²) in [6.45, 7) is 7.05. The smallest absolute Gasteiger partial charge is 0.338 e. The number of anilines is 1. The average molecular weight is 264 g/mol. The minimum absolute atomic E-state index is 0.301. The second-order valence-electron chi connectivity index (χ2n) is 5.45. The third kappa shape index (κ3) is 4.99. The van der Waals surface area contributed by atoms with E-state index in [1.807, 2.05) is 20.8 Å². The molecule has 1 rings (SSSR count). The lowest BCUT2D eigenvalue weighted by atomic mass is 10.1. The first-order chi connectivity index (χ1) is 8.69. The number of hydrogen-bond acceptors (Lipinski definition) is 4. The first-order valence-corrected chi connectivity index (χ1v) is 6.03. The Morgan fingerprint density at radius 1 is 1.32 bits per heavy atom. The summed E-state index contributed by atoms with van der Waals surface area (Å²) in [4.78, 5) is 23.4. The second kappa shape index (κ2) is 5.73. The minimum atomic E-state index is -0.547. The Kier molecular flexibility index (Phi) is 4.53. The Balaban J connectivity index is 2.61. The van der Waals surface area contributed by atoms with E-state index < -0.39 is 5.97 Å². The summed E-state index contributed by atoms with van der Waals surface area (Å²) < 4.78 is 4.97. The molecule has 0 bridgehead atoms. The highest BCUT2D eigenvalue weighted by molar-refractivity contribution is 5.93. The van der Waals surface area contributed by atoms with Crippen LogP contribution in [-0.4, -0.2) is 24.0 Å². The summed E-state index contributed by atoms with van der Waals surface area (Å²) in [5.74, 6) is -0.878. The zero-order valence-electron chi connectivity index (χ0n) is 11.7. The molecule has 5 heteroatoms. The molecule has 3 N–H and O–H groups in total. The normalized spacial score (nSPS) is 10.9. The molecule has 0 aliphatic heterocycles. The van der Waals surface area contributed by atoms with Gasteiger partial charge in [0.25, 0.3) is 5.91 Å². The number of ether oxygens (including phenoxy) is 1. The van der Waals surface area contributed by atoms with Gasteiger partial charge in [0.2, 0.25) is 0 Å². The number of nitrogens with two attached hydrogens (primary N) is 1. The van der Waals surface area contributed by atoms with E-state index in [1.165, 1.54) is 0 Å². The molecule has 0 atom stereocenters. The number of aryl methyl sites for hydroxylation is 1. The van der Waals surface area contributed by atoms with E-state index in [1.54, 1.807) is 25.1 Å². The van der Waals surface area contributed by atoms with E-state index in [4.69, 9.17) is 10.5 Å². The third-order valence-corrected chi connectivity index (χ3v) is 2.33. The van der Waals surface area contributed by atoms with Gasteiger partial charge in [-0.05, 0) is 45.4 Å². The first kappa shape index (κ1) is 15.0. The summed E-state index contributed by atoms with van der Waals surface area (Å²) in [7, 11) is 0. The van der Waals surface area contributed by atoms with E-state index in [-0.39, 0.29) is 18.1 Å². The molecule has 0 aliphatic carbocycles. The standard InChI is InChI=1S/C14H20N2O3/c1-9-5-6-10(15)7-11(9)13(18)19-8-12(17)16-14(2,3)4/h5-7H,8,15H2,1-4H3,(H,16,17). The van der Waals surface area contributed by atoms with Crippen LogP contribution in [-0.2, 0) is 9.53 Å². The van der Waals surface area contributed by atoms with E-state index in [0.717, 1.165) is 5.56 Å². The fourth-order valence-corrected chi connectivity index (χ4v) is 1.52. The molecule has 5 nitrogen and oxygen atoms in total. The number of carbonyl (C=O) groups is 2. The van der Waals surface area contributed by atoms with Crippen molar-refractivity contribution in [1.82, 2.24) is 5.32 Å². The van der Waals surface area contributed by atoms with Gasteiger partial charge in [-0.2, -0.15) is 0 Å². The maximum absolute atomic E-state index is 11.8. The number of esters is 1. The highest BCUT2D eigenvalue weighted by atomic mass is 16.5. The van der Waals surface area contributed by atoms with Crippen molar-refractivity contribution in [2.75, 3.05) is 12.3 Å². The van der Waals surface area contributed by atoms with Crippen molar-refractivity contribution in [2.45, 2.75) is 33.2 Å². The molecule has 0 heterocycles. The molecule has 0 saturated carbocycles. The van der Waals surface area contributed by atoms with Crippen molar-refractivity contribution in [3.05, 3.63) is 29.3 Å². The van der Waals surface area contributed by atoms with Gasteiger partial charge in [-0.3, -0.25) is 4.79 Å². The Hall–Kier alpha value is -2.04. The molecular weight excluding hydrogens is 244 g/mol. The lowest BCUT2D eigenvalue weighted by molar-refractivity contribution is -0.125. The fraction of sp³-hybridized carbons (Fsp3) is 0.429. The maximum atomic E-state index is 11.8. The summed E-state index contributed by atoms with van der Waals surface area (Å²) in [5, 5.41) is 2.71. The molecule has 1 aromatic rings. The van der Waals surface area contributed by atoms with Crippen LogP contribution in [0.2, 0.25) is 0 Å². The van der Waals surface area contributed by atoms with Crippen LogP contribution >= 0.6 is 0 Å². The van der Waals surface area contributed by atoms with Gasteiger partial charge < -0.3 is 15.8 Å². The molecule has 0 fully saturated rings. The Morgan fingerprint density at radius 3 is 2.53 bits per heavy atom. The number of nitrogens with one attached hydrogen (secondary N) is 1. The Bertz CT molecular complexity index is 490. The SMILES string of the molecule is Cc1ccc(N)cc1C(=O)OCC(=O)NC(C)(C)C. The van der Waals surface area contributed by atoms with Crippen molar-refractivity contribution >= 4 is 17.6 Å². The van der Waals surface area contributed by atoms with Crippen molar-refractivity contribution in [3.63, 3.8) is 0 Å². The van der Waals surface area contributed by atoms with Gasteiger partial charge >= 0.3 is 5.97 Å². The zero-order valence-corrected chi connectivity index (χ0v) is 11.7. The van der Waals surface area contributed by atoms with E-state index in [0.29, 0.717) is 11.3 Å². The molecule has 19 heavy (non-hydrogen) atoms. The number of carbonyl (C=O) groups excluding carboxylic acids is 2. The topological polar surface area (TPSA) is 81.4 Å². The minimum Gasteiger partial charge on any atom is -0.452 e. The van der Waals surface area contributed by atoms with Crippen LogP contribution in [0.1, 0.15) is 36.7 Å². The van der Waals surface area contributed by atoms with Crippen molar-refractivity contribution in [2.24, 2.45) is 0 Å². The molecule has 0 radical (unpaired) electrons. The summed E-state index contributed by atoms with van der Waals surface area (Å²) in [5.41, 5.74) is 6.89. The van der Waals surface area contributed by atoms with E-state index in [9.17, 15) is 9.59 Å². The molecule has 1 aromatic carbocycles. The molecule has 0 saturated heterocycles. The second-order valence-corrected chi connectivity index (χ2v) is 5.45. The fourth-order valence-electron chi connectivity index (χ4n) is 1.52. The van der Waals surface area contributed by atoms with Gasteiger partial charge in [-0.25, -0.2) is 4.79 Å². The largest absolute Gasteiger partial charge is 0.452 e. The predicted octanol–water partition coefficient (Wildman–Crippen LogP) is 1.65. The van der Waals surface area contributed by atoms with Crippen LogP contribution in [0, 0.1) is 6.92 Å². The molecule has 0 aromatic heterocycles. The lowest BCUT2D eigenvalue weighted by Gasteiger charge is -2.20. The van der Waals surface area contributed by atoms with Crippen molar-refractivity contribution < 1.29 is 14.3 Å². The molecule has 1 amide bonds. The van der Waals surface area contributed by atoms with Crippen LogP contribution in [0.25, 0.3) is 0 Å². The van der Waals surface area contributed by atoms with Gasteiger partial charge in [-0.1, -0.05) is 6.07 Å². The number of nitrogen functional groups attached to an aromatic ring is 1. The first-order valence-electron chi connectivity index (χ1n) is 6.03. The number of rotatable bonds is 3. The maximum Gasteiger partial charge on any atom is 0.338 e. The summed E-state index contributed by atoms with van der Waals surface area (Å²) >= 11 is 0. The Labute approximate surface area is 113 Å². The summed E-state index contributed by atoms with van der Waals surface area (Å²) in [6.07, 6.45) is 0. The molecule has 0 unspecified atom stereocenters. The molecule has 0 aliphatic rings. The lowest BCUT2D eigenvalue weighted by Crippen LogP contribution is -2.42. The average Bonchev–Trinajstić information content (AvgIpc) is 2.27. The van der Waals surface area contributed by atoms with Gasteiger partial charge in [0.15, 0.2) is 6.61 Å².